The van der Waals surface area contributed by atoms with Crippen molar-refractivity contribution in [2.45, 2.75) is 70.1 Å². The van der Waals surface area contributed by atoms with Gasteiger partial charge in [0.1, 0.15) is 0 Å². The normalized spacial score (nSPS) is 24.3. The summed E-state index contributed by atoms with van der Waals surface area (Å²) >= 11 is 0. The highest BCUT2D eigenvalue weighted by molar-refractivity contribution is 4.99. The molecule has 0 spiro atoms. The predicted molar refractivity (Wildman–Crippen MR) is 79.6 cm³/mol. The van der Waals surface area contributed by atoms with Crippen LogP contribution in [0.25, 0.3) is 0 Å². The van der Waals surface area contributed by atoms with Gasteiger partial charge in [0, 0.05) is 19.3 Å². The molecule has 1 aliphatic heterocycles. The lowest BCUT2D eigenvalue weighted by molar-refractivity contribution is 0.0115. The zero-order valence-electron chi connectivity index (χ0n) is 12.4. The van der Waals surface area contributed by atoms with Gasteiger partial charge in [0.25, 0.3) is 0 Å². The molecule has 0 bridgehead atoms. The topological polar surface area (TPSA) is 39.1 Å². The molecular weight excluding hydrogens is 250 g/mol. The third kappa shape index (κ3) is 3.83. The summed E-state index contributed by atoms with van der Waals surface area (Å²) in [4.78, 5) is 0. The fourth-order valence-electron chi connectivity index (χ4n) is 3.36. The molecule has 3 rings (SSSR count). The highest BCUT2D eigenvalue weighted by atomic mass is 16.5. The van der Waals surface area contributed by atoms with Gasteiger partial charge < -0.3 is 10.1 Å². The summed E-state index contributed by atoms with van der Waals surface area (Å²) in [5.41, 5.74) is 1.17. The van der Waals surface area contributed by atoms with Crippen molar-refractivity contribution in [1.82, 2.24) is 15.1 Å². The van der Waals surface area contributed by atoms with Gasteiger partial charge in [0.15, 0.2) is 0 Å². The molecule has 2 heterocycles. The number of nitrogens with zero attached hydrogens (tertiary/aromatic N) is 2. The van der Waals surface area contributed by atoms with Crippen LogP contribution < -0.4 is 5.32 Å². The molecule has 0 radical (unpaired) electrons. The molecule has 112 valence electrons. The van der Waals surface area contributed by atoms with Crippen LogP contribution in [0.4, 0.5) is 0 Å². The monoisotopic (exact) mass is 277 g/mol. The fourth-order valence-corrected chi connectivity index (χ4v) is 3.36. The Bertz CT molecular complexity index is 392. The Morgan fingerprint density at radius 3 is 2.85 bits per heavy atom. The summed E-state index contributed by atoms with van der Waals surface area (Å²) in [6.07, 6.45) is 12.9. The van der Waals surface area contributed by atoms with Crippen molar-refractivity contribution in [3.8, 4) is 0 Å². The molecule has 2 aliphatic rings. The molecule has 4 nitrogen and oxygen atoms in total. The van der Waals surface area contributed by atoms with Gasteiger partial charge in [0.05, 0.1) is 17.8 Å². The van der Waals surface area contributed by atoms with Gasteiger partial charge in [0.2, 0.25) is 0 Å². The zero-order valence-corrected chi connectivity index (χ0v) is 12.4. The van der Waals surface area contributed by atoms with E-state index in [-0.39, 0.29) is 0 Å². The molecule has 0 amide bonds. The SMILES string of the molecule is c1cn(C2CCCC2)nc1CNCCC1CCCCO1. The largest absolute Gasteiger partial charge is 0.378 e. The first-order chi connectivity index (χ1) is 9.92. The maximum atomic E-state index is 5.74. The summed E-state index contributed by atoms with van der Waals surface area (Å²) in [5, 5.41) is 8.20. The van der Waals surface area contributed by atoms with Crippen LogP contribution in [-0.2, 0) is 11.3 Å². The van der Waals surface area contributed by atoms with Gasteiger partial charge in [-0.3, -0.25) is 4.68 Å². The number of ether oxygens (including phenoxy) is 1. The lowest BCUT2D eigenvalue weighted by Gasteiger charge is -2.22. The van der Waals surface area contributed by atoms with Gasteiger partial charge in [-0.25, -0.2) is 0 Å². The van der Waals surface area contributed by atoms with Crippen molar-refractivity contribution >= 4 is 0 Å². The average Bonchev–Trinajstić information content (AvgIpc) is 3.15. The van der Waals surface area contributed by atoms with Crippen molar-refractivity contribution in [3.05, 3.63) is 18.0 Å². The third-order valence-corrected chi connectivity index (χ3v) is 4.59. The average molecular weight is 277 g/mol. The van der Waals surface area contributed by atoms with Crippen LogP contribution in [-0.4, -0.2) is 29.0 Å². The minimum absolute atomic E-state index is 0.479. The van der Waals surface area contributed by atoms with E-state index in [4.69, 9.17) is 9.84 Å². The molecule has 20 heavy (non-hydrogen) atoms. The molecule has 4 heteroatoms. The standard InChI is InChI=1S/C16H27N3O/c1-2-6-15(5-1)19-11-9-14(18-19)13-17-10-8-16-7-3-4-12-20-16/h9,11,15-17H,1-8,10,12-13H2. The fraction of sp³-hybridized carbons (Fsp3) is 0.812. The zero-order chi connectivity index (χ0) is 13.6. The minimum Gasteiger partial charge on any atom is -0.378 e. The smallest absolute Gasteiger partial charge is 0.0762 e. The quantitative estimate of drug-likeness (QED) is 0.812. The highest BCUT2D eigenvalue weighted by Crippen LogP contribution is 2.28. The van der Waals surface area contributed by atoms with Gasteiger partial charge in [-0.05, 0) is 51.1 Å². The van der Waals surface area contributed by atoms with Crippen LogP contribution in [0.2, 0.25) is 0 Å². The summed E-state index contributed by atoms with van der Waals surface area (Å²) in [5.74, 6) is 0. The molecule has 1 aromatic rings. The van der Waals surface area contributed by atoms with Gasteiger partial charge in [-0.1, -0.05) is 12.8 Å². The summed E-state index contributed by atoms with van der Waals surface area (Å²) in [6, 6.07) is 2.81. The van der Waals surface area contributed by atoms with Crippen LogP contribution in [0.15, 0.2) is 12.3 Å². The number of hydrogen-bond acceptors (Lipinski definition) is 3. The second-order valence-electron chi connectivity index (χ2n) is 6.18. The Morgan fingerprint density at radius 1 is 1.20 bits per heavy atom. The van der Waals surface area contributed by atoms with Crippen molar-refractivity contribution < 1.29 is 4.74 Å². The number of rotatable bonds is 6. The summed E-state index contributed by atoms with van der Waals surface area (Å²) < 4.78 is 7.92. The molecule has 1 saturated heterocycles. The predicted octanol–water partition coefficient (Wildman–Crippen LogP) is 3.05. The van der Waals surface area contributed by atoms with E-state index in [0.29, 0.717) is 12.1 Å². The highest BCUT2D eigenvalue weighted by Gasteiger charge is 2.17. The van der Waals surface area contributed by atoms with Crippen molar-refractivity contribution in [2.75, 3.05) is 13.2 Å². The molecule has 1 atom stereocenters. The van der Waals surface area contributed by atoms with Crippen LogP contribution in [0.3, 0.4) is 0 Å². The van der Waals surface area contributed by atoms with Crippen molar-refractivity contribution in [2.24, 2.45) is 0 Å². The van der Waals surface area contributed by atoms with Gasteiger partial charge >= 0.3 is 0 Å². The van der Waals surface area contributed by atoms with Crippen LogP contribution in [0, 0.1) is 0 Å². The molecule has 1 unspecified atom stereocenters. The van der Waals surface area contributed by atoms with Gasteiger partial charge in [-0.15, -0.1) is 0 Å². The Balaban J connectivity index is 1.35. The molecule has 2 fully saturated rings. The number of hydrogen-bond donors (Lipinski definition) is 1. The molecular formula is C16H27N3O. The first-order valence-electron chi connectivity index (χ1n) is 8.28. The van der Waals surface area contributed by atoms with E-state index >= 15 is 0 Å². The van der Waals surface area contributed by atoms with E-state index in [1.54, 1.807) is 0 Å². The first-order valence-corrected chi connectivity index (χ1v) is 8.28. The lowest BCUT2D eigenvalue weighted by atomic mass is 10.1. The molecule has 1 aliphatic carbocycles. The maximum absolute atomic E-state index is 5.74. The van der Waals surface area contributed by atoms with Crippen molar-refractivity contribution in [3.63, 3.8) is 0 Å². The Hall–Kier alpha value is -0.870. The lowest BCUT2D eigenvalue weighted by Crippen LogP contribution is -2.25. The van der Waals surface area contributed by atoms with E-state index in [0.717, 1.165) is 26.1 Å². The molecule has 0 aromatic carbocycles. The van der Waals surface area contributed by atoms with Crippen LogP contribution >= 0.6 is 0 Å². The second kappa shape index (κ2) is 7.23. The van der Waals surface area contributed by atoms with E-state index in [1.165, 1.54) is 50.6 Å². The number of aromatic nitrogens is 2. The van der Waals surface area contributed by atoms with Crippen molar-refractivity contribution in [1.29, 1.82) is 0 Å². The maximum Gasteiger partial charge on any atom is 0.0762 e. The van der Waals surface area contributed by atoms with E-state index < -0.39 is 0 Å². The third-order valence-electron chi connectivity index (χ3n) is 4.59. The Labute approximate surface area is 121 Å². The van der Waals surface area contributed by atoms with Crippen LogP contribution in [0.1, 0.15) is 63.1 Å². The second-order valence-corrected chi connectivity index (χ2v) is 6.18. The Morgan fingerprint density at radius 2 is 2.05 bits per heavy atom. The van der Waals surface area contributed by atoms with E-state index in [2.05, 4.69) is 22.3 Å². The minimum atomic E-state index is 0.479. The van der Waals surface area contributed by atoms with E-state index in [9.17, 15) is 0 Å². The summed E-state index contributed by atoms with van der Waals surface area (Å²) in [6.45, 7) is 2.86. The molecule has 1 N–H and O–H groups in total. The number of nitrogens with one attached hydrogen (secondary N) is 1. The van der Waals surface area contributed by atoms with Gasteiger partial charge in [-0.2, -0.15) is 5.10 Å². The first kappa shape index (κ1) is 14.1. The van der Waals surface area contributed by atoms with E-state index in [1.807, 2.05) is 0 Å². The Kier molecular flexibility index (Phi) is 5.09. The van der Waals surface area contributed by atoms with Crippen LogP contribution in [0.5, 0.6) is 0 Å². The molecule has 1 aromatic heterocycles. The molecule has 1 saturated carbocycles. The summed E-state index contributed by atoms with van der Waals surface area (Å²) in [7, 11) is 0.